The molecule has 1 aromatic heterocycles. The maximum absolute atomic E-state index is 13.7. The zero-order valence-corrected chi connectivity index (χ0v) is 11.2. The molecule has 0 N–H and O–H groups in total. The topological polar surface area (TPSA) is 51.0 Å². The van der Waals surface area contributed by atoms with Gasteiger partial charge in [-0.05, 0) is 18.6 Å². The van der Waals surface area contributed by atoms with Crippen LogP contribution >= 0.6 is 0 Å². The van der Waals surface area contributed by atoms with Gasteiger partial charge >= 0.3 is 0 Å². The first-order chi connectivity index (χ1) is 9.70. The lowest BCUT2D eigenvalue weighted by atomic mass is 10.1. The standard InChI is InChI=1S/C14H15FN4O/c1-2-18-7-8-19-12(16-17-13(19)14(18)20)9-10-5-3-4-6-11(10)15/h3-6H,2,7-9H2,1H3. The highest BCUT2D eigenvalue weighted by molar-refractivity contribution is 5.91. The second kappa shape index (κ2) is 5.03. The van der Waals surface area contributed by atoms with Crippen molar-refractivity contribution in [1.82, 2.24) is 19.7 Å². The number of likely N-dealkylation sites (N-methyl/N-ethyl adjacent to an activating group) is 1. The Morgan fingerprint density at radius 2 is 2.05 bits per heavy atom. The van der Waals surface area contributed by atoms with Gasteiger partial charge in [0.15, 0.2) is 0 Å². The number of rotatable bonds is 3. The third-order valence-corrected chi connectivity index (χ3v) is 3.59. The summed E-state index contributed by atoms with van der Waals surface area (Å²) in [5.74, 6) is 0.617. The van der Waals surface area contributed by atoms with Gasteiger partial charge in [-0.15, -0.1) is 10.2 Å². The van der Waals surface area contributed by atoms with E-state index in [0.29, 0.717) is 43.3 Å². The van der Waals surface area contributed by atoms with Crippen molar-refractivity contribution >= 4 is 5.91 Å². The van der Waals surface area contributed by atoms with Crippen molar-refractivity contribution in [2.45, 2.75) is 19.9 Å². The Balaban J connectivity index is 1.91. The molecule has 0 saturated heterocycles. The molecule has 0 unspecified atom stereocenters. The van der Waals surface area contributed by atoms with E-state index in [0.717, 1.165) is 0 Å². The summed E-state index contributed by atoms with van der Waals surface area (Å²) in [7, 11) is 0. The van der Waals surface area contributed by atoms with E-state index < -0.39 is 0 Å². The van der Waals surface area contributed by atoms with Crippen molar-refractivity contribution in [1.29, 1.82) is 0 Å². The lowest BCUT2D eigenvalue weighted by Gasteiger charge is -2.26. The van der Waals surface area contributed by atoms with Crippen LogP contribution in [0.5, 0.6) is 0 Å². The minimum Gasteiger partial charge on any atom is -0.334 e. The van der Waals surface area contributed by atoms with Crippen LogP contribution in [0.3, 0.4) is 0 Å². The average molecular weight is 274 g/mol. The van der Waals surface area contributed by atoms with Crippen LogP contribution in [0, 0.1) is 5.82 Å². The molecular formula is C14H15FN4O. The van der Waals surface area contributed by atoms with Crippen molar-refractivity contribution in [3.8, 4) is 0 Å². The summed E-state index contributed by atoms with van der Waals surface area (Å²) in [6.45, 7) is 3.90. The van der Waals surface area contributed by atoms with Crippen molar-refractivity contribution in [3.63, 3.8) is 0 Å². The molecule has 0 bridgehead atoms. The molecule has 0 radical (unpaired) electrons. The van der Waals surface area contributed by atoms with Crippen LogP contribution in [-0.4, -0.2) is 38.7 Å². The van der Waals surface area contributed by atoms with Crippen molar-refractivity contribution < 1.29 is 9.18 Å². The van der Waals surface area contributed by atoms with Crippen molar-refractivity contribution in [2.24, 2.45) is 0 Å². The number of benzene rings is 1. The quantitative estimate of drug-likeness (QED) is 0.852. The summed E-state index contributed by atoms with van der Waals surface area (Å²) in [6, 6.07) is 6.59. The lowest BCUT2D eigenvalue weighted by Crippen LogP contribution is -2.40. The van der Waals surface area contributed by atoms with Gasteiger partial charge in [-0.2, -0.15) is 0 Å². The summed E-state index contributed by atoms with van der Waals surface area (Å²) in [5, 5.41) is 8.01. The van der Waals surface area contributed by atoms with Gasteiger partial charge in [-0.3, -0.25) is 4.79 Å². The van der Waals surface area contributed by atoms with Crippen LogP contribution in [0.25, 0.3) is 0 Å². The molecule has 1 aliphatic heterocycles. The first-order valence-corrected chi connectivity index (χ1v) is 6.65. The van der Waals surface area contributed by atoms with Gasteiger partial charge < -0.3 is 9.47 Å². The molecule has 1 aliphatic rings. The molecule has 1 amide bonds. The highest BCUT2D eigenvalue weighted by atomic mass is 19.1. The van der Waals surface area contributed by atoms with Gasteiger partial charge in [0, 0.05) is 26.1 Å². The smallest absolute Gasteiger partial charge is 0.291 e. The van der Waals surface area contributed by atoms with Crippen LogP contribution in [0.15, 0.2) is 24.3 Å². The maximum atomic E-state index is 13.7. The van der Waals surface area contributed by atoms with Gasteiger partial charge in [0.25, 0.3) is 5.91 Å². The van der Waals surface area contributed by atoms with E-state index in [1.807, 2.05) is 6.92 Å². The second-order valence-electron chi connectivity index (χ2n) is 4.74. The molecule has 20 heavy (non-hydrogen) atoms. The van der Waals surface area contributed by atoms with E-state index >= 15 is 0 Å². The van der Waals surface area contributed by atoms with E-state index in [1.54, 1.807) is 27.7 Å². The van der Waals surface area contributed by atoms with E-state index in [9.17, 15) is 9.18 Å². The normalized spacial score (nSPS) is 14.5. The Hall–Kier alpha value is -2.24. The molecule has 104 valence electrons. The number of aromatic nitrogens is 3. The Morgan fingerprint density at radius 1 is 1.25 bits per heavy atom. The van der Waals surface area contributed by atoms with Crippen molar-refractivity contribution in [3.05, 3.63) is 47.3 Å². The van der Waals surface area contributed by atoms with E-state index in [-0.39, 0.29) is 11.7 Å². The number of carbonyl (C=O) groups is 1. The molecule has 0 saturated carbocycles. The molecule has 2 heterocycles. The predicted molar refractivity (Wildman–Crippen MR) is 70.8 cm³/mol. The number of carbonyl (C=O) groups excluding carboxylic acids is 1. The van der Waals surface area contributed by atoms with Crippen molar-refractivity contribution in [2.75, 3.05) is 13.1 Å². The van der Waals surface area contributed by atoms with E-state index in [2.05, 4.69) is 10.2 Å². The number of hydrogen-bond donors (Lipinski definition) is 0. The molecule has 0 aliphatic carbocycles. The zero-order valence-electron chi connectivity index (χ0n) is 11.2. The summed E-state index contributed by atoms with van der Waals surface area (Å²) < 4.78 is 15.5. The van der Waals surface area contributed by atoms with E-state index in [4.69, 9.17) is 0 Å². The van der Waals surface area contributed by atoms with Crippen LogP contribution < -0.4 is 0 Å². The Kier molecular flexibility index (Phi) is 3.22. The number of nitrogens with zero attached hydrogens (tertiary/aromatic N) is 4. The fourth-order valence-electron chi connectivity index (χ4n) is 2.44. The molecular weight excluding hydrogens is 259 g/mol. The first kappa shape index (κ1) is 12.8. The zero-order chi connectivity index (χ0) is 14.1. The molecule has 5 nitrogen and oxygen atoms in total. The fraction of sp³-hybridized carbons (Fsp3) is 0.357. The van der Waals surface area contributed by atoms with Crippen LogP contribution in [-0.2, 0) is 13.0 Å². The number of hydrogen-bond acceptors (Lipinski definition) is 3. The van der Waals surface area contributed by atoms with Gasteiger partial charge in [0.05, 0.1) is 0 Å². The van der Waals surface area contributed by atoms with Crippen LogP contribution in [0.4, 0.5) is 4.39 Å². The van der Waals surface area contributed by atoms with Gasteiger partial charge in [-0.25, -0.2) is 4.39 Å². The predicted octanol–water partition coefficient (Wildman–Crippen LogP) is 1.48. The summed E-state index contributed by atoms with van der Waals surface area (Å²) in [5.41, 5.74) is 0.563. The largest absolute Gasteiger partial charge is 0.334 e. The fourth-order valence-corrected chi connectivity index (χ4v) is 2.44. The molecule has 0 fully saturated rings. The lowest BCUT2D eigenvalue weighted by molar-refractivity contribution is 0.0705. The van der Waals surface area contributed by atoms with Crippen LogP contribution in [0.2, 0.25) is 0 Å². The number of fused-ring (bicyclic) bond motifs is 1. The minimum atomic E-state index is -0.262. The maximum Gasteiger partial charge on any atom is 0.291 e. The third kappa shape index (κ3) is 2.07. The summed E-state index contributed by atoms with van der Waals surface area (Å²) >= 11 is 0. The van der Waals surface area contributed by atoms with Gasteiger partial charge in [0.2, 0.25) is 5.82 Å². The second-order valence-corrected chi connectivity index (χ2v) is 4.74. The van der Waals surface area contributed by atoms with Gasteiger partial charge in [-0.1, -0.05) is 18.2 Å². The average Bonchev–Trinajstić information content (AvgIpc) is 2.86. The SMILES string of the molecule is CCN1CCn2c(Cc3ccccc3F)nnc2C1=O. The number of halogens is 1. The number of amides is 1. The molecule has 0 atom stereocenters. The molecule has 0 spiro atoms. The Morgan fingerprint density at radius 3 is 2.80 bits per heavy atom. The highest BCUT2D eigenvalue weighted by Gasteiger charge is 2.27. The molecule has 6 heteroatoms. The monoisotopic (exact) mass is 274 g/mol. The van der Waals surface area contributed by atoms with Crippen LogP contribution in [0.1, 0.15) is 28.9 Å². The Bertz CT molecular complexity index is 652. The summed E-state index contributed by atoms with van der Waals surface area (Å²) in [6.07, 6.45) is 0.346. The molecule has 3 rings (SSSR count). The third-order valence-electron chi connectivity index (χ3n) is 3.59. The Labute approximate surface area is 116 Å². The van der Waals surface area contributed by atoms with Gasteiger partial charge in [0.1, 0.15) is 11.6 Å². The molecule has 2 aromatic rings. The minimum absolute atomic E-state index is 0.106. The molecule has 1 aromatic carbocycles. The summed E-state index contributed by atoms with van der Waals surface area (Å²) in [4.78, 5) is 13.8. The highest BCUT2D eigenvalue weighted by Crippen LogP contribution is 2.16. The first-order valence-electron chi connectivity index (χ1n) is 6.65. The van der Waals surface area contributed by atoms with E-state index in [1.165, 1.54) is 6.07 Å².